The number of hydrogen-bond donors (Lipinski definition) is 2. The standard InChI is InChI=1S/C21H27N3O3/c1-26-20-17(8-6-12-22-20)15-24-21(25)23-14-16-7-5-11-19(13-16)27-18-9-3-2-4-10-18/h5-8,11-13,18H,2-4,9-10,14-15H2,1H3,(H2,23,24,25). The molecule has 1 fully saturated rings. The first-order valence-corrected chi connectivity index (χ1v) is 9.50. The maximum Gasteiger partial charge on any atom is 0.315 e. The summed E-state index contributed by atoms with van der Waals surface area (Å²) in [5.74, 6) is 1.40. The average molecular weight is 369 g/mol. The van der Waals surface area contributed by atoms with Crippen LogP contribution in [0.1, 0.15) is 43.2 Å². The SMILES string of the molecule is COc1ncccc1CNC(=O)NCc1cccc(OC2CCCCC2)c1. The van der Waals surface area contributed by atoms with E-state index in [0.29, 0.717) is 25.1 Å². The number of benzene rings is 1. The highest BCUT2D eigenvalue weighted by atomic mass is 16.5. The summed E-state index contributed by atoms with van der Waals surface area (Å²) in [6.45, 7) is 0.797. The first-order chi connectivity index (χ1) is 13.2. The number of carbonyl (C=O) groups is 1. The first-order valence-electron chi connectivity index (χ1n) is 9.50. The molecule has 0 bridgehead atoms. The van der Waals surface area contributed by atoms with Gasteiger partial charge in [-0.05, 0) is 49.4 Å². The Kier molecular flexibility index (Phi) is 6.90. The van der Waals surface area contributed by atoms with Gasteiger partial charge in [0.1, 0.15) is 5.75 Å². The molecule has 1 saturated carbocycles. The maximum atomic E-state index is 12.1. The van der Waals surface area contributed by atoms with Gasteiger partial charge in [0, 0.05) is 24.8 Å². The summed E-state index contributed by atoms with van der Waals surface area (Å²) < 4.78 is 11.3. The number of hydrogen-bond acceptors (Lipinski definition) is 4. The third-order valence-electron chi connectivity index (χ3n) is 4.69. The molecule has 0 aliphatic heterocycles. The molecule has 6 nitrogen and oxygen atoms in total. The van der Waals surface area contributed by atoms with Gasteiger partial charge < -0.3 is 20.1 Å². The zero-order chi connectivity index (χ0) is 18.9. The van der Waals surface area contributed by atoms with E-state index >= 15 is 0 Å². The Morgan fingerprint density at radius 1 is 1.11 bits per heavy atom. The van der Waals surface area contributed by atoms with Gasteiger partial charge in [-0.2, -0.15) is 0 Å². The smallest absolute Gasteiger partial charge is 0.315 e. The van der Waals surface area contributed by atoms with Crippen LogP contribution in [-0.4, -0.2) is 24.2 Å². The fourth-order valence-corrected chi connectivity index (χ4v) is 3.27. The van der Waals surface area contributed by atoms with Crippen LogP contribution >= 0.6 is 0 Å². The monoisotopic (exact) mass is 369 g/mol. The van der Waals surface area contributed by atoms with Crippen molar-refractivity contribution >= 4 is 6.03 Å². The van der Waals surface area contributed by atoms with Crippen LogP contribution in [0, 0.1) is 0 Å². The summed E-state index contributed by atoms with van der Waals surface area (Å²) in [6, 6.07) is 11.4. The molecule has 1 aliphatic rings. The number of methoxy groups -OCH3 is 1. The van der Waals surface area contributed by atoms with E-state index in [1.807, 2.05) is 36.4 Å². The minimum Gasteiger partial charge on any atom is -0.490 e. The molecular weight excluding hydrogens is 342 g/mol. The first kappa shape index (κ1) is 19.0. The quantitative estimate of drug-likeness (QED) is 0.779. The van der Waals surface area contributed by atoms with Crippen molar-refractivity contribution in [2.45, 2.75) is 51.3 Å². The van der Waals surface area contributed by atoms with Gasteiger partial charge in [-0.15, -0.1) is 0 Å². The number of pyridine rings is 1. The summed E-state index contributed by atoms with van der Waals surface area (Å²) in [4.78, 5) is 16.2. The van der Waals surface area contributed by atoms with E-state index in [2.05, 4.69) is 15.6 Å². The largest absolute Gasteiger partial charge is 0.490 e. The number of ether oxygens (including phenoxy) is 2. The number of rotatable bonds is 7. The van der Waals surface area contributed by atoms with E-state index in [-0.39, 0.29) is 6.03 Å². The van der Waals surface area contributed by atoms with Gasteiger partial charge in [0.05, 0.1) is 13.2 Å². The van der Waals surface area contributed by atoms with Crippen LogP contribution in [0.3, 0.4) is 0 Å². The lowest BCUT2D eigenvalue weighted by atomic mass is 9.98. The number of nitrogens with one attached hydrogen (secondary N) is 2. The molecule has 0 saturated heterocycles. The summed E-state index contributed by atoms with van der Waals surface area (Å²) in [5, 5.41) is 5.69. The van der Waals surface area contributed by atoms with Crippen molar-refractivity contribution in [3.05, 3.63) is 53.7 Å². The van der Waals surface area contributed by atoms with E-state index in [0.717, 1.165) is 29.7 Å². The number of urea groups is 1. The Morgan fingerprint density at radius 2 is 1.93 bits per heavy atom. The molecule has 0 spiro atoms. The molecule has 1 aromatic carbocycles. The second kappa shape index (κ2) is 9.80. The summed E-state index contributed by atoms with van der Waals surface area (Å²) in [5.41, 5.74) is 1.84. The normalized spacial score (nSPS) is 14.4. The Labute approximate surface area is 160 Å². The van der Waals surface area contributed by atoms with Crippen molar-refractivity contribution < 1.29 is 14.3 Å². The van der Waals surface area contributed by atoms with Crippen LogP contribution in [0.15, 0.2) is 42.6 Å². The minimum absolute atomic E-state index is 0.237. The van der Waals surface area contributed by atoms with Crippen LogP contribution < -0.4 is 20.1 Å². The molecular formula is C21H27N3O3. The molecule has 1 heterocycles. The molecule has 6 heteroatoms. The second-order valence-corrected chi connectivity index (χ2v) is 6.73. The van der Waals surface area contributed by atoms with E-state index in [4.69, 9.17) is 9.47 Å². The van der Waals surface area contributed by atoms with Crippen molar-refractivity contribution in [3.8, 4) is 11.6 Å². The molecule has 144 valence electrons. The lowest BCUT2D eigenvalue weighted by molar-refractivity contribution is 0.155. The predicted molar refractivity (Wildman–Crippen MR) is 104 cm³/mol. The molecule has 2 amide bonds. The van der Waals surface area contributed by atoms with Gasteiger partial charge in [0.2, 0.25) is 5.88 Å². The van der Waals surface area contributed by atoms with E-state index in [9.17, 15) is 4.79 Å². The fourth-order valence-electron chi connectivity index (χ4n) is 3.27. The third kappa shape index (κ3) is 5.88. The molecule has 27 heavy (non-hydrogen) atoms. The molecule has 1 aromatic heterocycles. The van der Waals surface area contributed by atoms with Gasteiger partial charge in [0.15, 0.2) is 0 Å². The molecule has 0 radical (unpaired) electrons. The van der Waals surface area contributed by atoms with Gasteiger partial charge in [-0.1, -0.05) is 24.6 Å². The Bertz CT molecular complexity index is 745. The van der Waals surface area contributed by atoms with Crippen LogP contribution in [0.5, 0.6) is 11.6 Å². The molecule has 0 unspecified atom stereocenters. The number of nitrogens with zero attached hydrogens (tertiary/aromatic N) is 1. The highest BCUT2D eigenvalue weighted by Crippen LogP contribution is 2.24. The molecule has 2 N–H and O–H groups in total. The summed E-state index contributed by atoms with van der Waals surface area (Å²) in [6.07, 6.45) is 8.03. The lowest BCUT2D eigenvalue weighted by Gasteiger charge is -2.23. The van der Waals surface area contributed by atoms with E-state index in [1.54, 1.807) is 13.3 Å². The predicted octanol–water partition coefficient (Wildman–Crippen LogP) is 3.80. The summed E-state index contributed by atoms with van der Waals surface area (Å²) in [7, 11) is 1.56. The summed E-state index contributed by atoms with van der Waals surface area (Å²) >= 11 is 0. The van der Waals surface area contributed by atoms with E-state index < -0.39 is 0 Å². The van der Waals surface area contributed by atoms with Gasteiger partial charge in [-0.25, -0.2) is 9.78 Å². The molecule has 1 aliphatic carbocycles. The minimum atomic E-state index is -0.237. The fraction of sp³-hybridized carbons (Fsp3) is 0.429. The van der Waals surface area contributed by atoms with Gasteiger partial charge in [-0.3, -0.25) is 0 Å². The number of carbonyl (C=O) groups excluding carboxylic acids is 1. The van der Waals surface area contributed by atoms with Crippen molar-refractivity contribution in [3.63, 3.8) is 0 Å². The topological polar surface area (TPSA) is 72.5 Å². The maximum absolute atomic E-state index is 12.1. The van der Waals surface area contributed by atoms with Crippen LogP contribution in [0.2, 0.25) is 0 Å². The van der Waals surface area contributed by atoms with Crippen molar-refractivity contribution in [2.75, 3.05) is 7.11 Å². The highest BCUT2D eigenvalue weighted by Gasteiger charge is 2.15. The number of aromatic nitrogens is 1. The second-order valence-electron chi connectivity index (χ2n) is 6.73. The van der Waals surface area contributed by atoms with Crippen LogP contribution in [-0.2, 0) is 13.1 Å². The van der Waals surface area contributed by atoms with Crippen LogP contribution in [0.25, 0.3) is 0 Å². The lowest BCUT2D eigenvalue weighted by Crippen LogP contribution is -2.34. The zero-order valence-corrected chi connectivity index (χ0v) is 15.7. The number of amides is 2. The molecule has 2 aromatic rings. The molecule has 3 rings (SSSR count). The highest BCUT2D eigenvalue weighted by molar-refractivity contribution is 5.73. The Morgan fingerprint density at radius 3 is 2.74 bits per heavy atom. The van der Waals surface area contributed by atoms with Crippen molar-refractivity contribution in [1.29, 1.82) is 0 Å². The average Bonchev–Trinajstić information content (AvgIpc) is 2.72. The van der Waals surface area contributed by atoms with Gasteiger partial charge in [0.25, 0.3) is 0 Å². The zero-order valence-electron chi connectivity index (χ0n) is 15.7. The van der Waals surface area contributed by atoms with Crippen molar-refractivity contribution in [1.82, 2.24) is 15.6 Å². The van der Waals surface area contributed by atoms with Crippen molar-refractivity contribution in [2.24, 2.45) is 0 Å². The van der Waals surface area contributed by atoms with Gasteiger partial charge >= 0.3 is 6.03 Å². The third-order valence-corrected chi connectivity index (χ3v) is 4.69. The molecule has 0 atom stereocenters. The Balaban J connectivity index is 1.46. The Hall–Kier alpha value is -2.76. The van der Waals surface area contributed by atoms with E-state index in [1.165, 1.54) is 19.3 Å². The van der Waals surface area contributed by atoms with Crippen LogP contribution in [0.4, 0.5) is 4.79 Å².